The fourth-order valence-electron chi connectivity index (χ4n) is 11.6. The highest BCUT2D eigenvalue weighted by molar-refractivity contribution is 6.05. The van der Waals surface area contributed by atoms with Gasteiger partial charge in [0.15, 0.2) is 17.9 Å². The Labute approximate surface area is 600 Å². The Morgan fingerprint density at radius 3 is 0.912 bits per heavy atom. The summed E-state index contributed by atoms with van der Waals surface area (Å²) in [6.45, 7) is 5.05. The van der Waals surface area contributed by atoms with Crippen LogP contribution in [0.1, 0.15) is 191 Å². The van der Waals surface area contributed by atoms with E-state index in [1.807, 2.05) is 38.0 Å². The number of likely N-dealkylation sites (N-methyl/N-ethyl adjacent to an activating group) is 2. The monoisotopic (exact) mass is 1430 g/mol. The molecule has 0 saturated heterocycles. The number of nitrogens with zero attached hydrogens (tertiary/aromatic N) is 5. The Morgan fingerprint density at radius 1 is 0.382 bits per heavy atom. The first-order valence-electron chi connectivity index (χ1n) is 35.6. The van der Waals surface area contributed by atoms with Crippen LogP contribution in [-0.2, 0) is 0 Å². The summed E-state index contributed by atoms with van der Waals surface area (Å²) in [7, 11) is 10.5. The lowest BCUT2D eigenvalue weighted by atomic mass is 9.90. The number of hydrogen-bond donors (Lipinski definition) is 15. The van der Waals surface area contributed by atoms with Crippen LogP contribution in [0.3, 0.4) is 0 Å². The maximum Gasteiger partial charge on any atom is 0.255 e. The third-order valence-electron chi connectivity index (χ3n) is 17.2. The number of carbonyl (C=O) groups excluding carboxylic acids is 6. The molecule has 0 bridgehead atoms. The zero-order chi connectivity index (χ0) is 74.3. The van der Waals surface area contributed by atoms with Gasteiger partial charge in [-0.15, -0.1) is 0 Å². The van der Waals surface area contributed by atoms with Crippen molar-refractivity contribution in [3.63, 3.8) is 0 Å². The van der Waals surface area contributed by atoms with Gasteiger partial charge in [-0.25, -0.2) is 0 Å². The predicted molar refractivity (Wildman–Crippen MR) is 396 cm³/mol. The van der Waals surface area contributed by atoms with Gasteiger partial charge in [-0.05, 0) is 181 Å². The van der Waals surface area contributed by atoms with Crippen molar-refractivity contribution >= 4 is 53.3 Å². The number of amides is 6. The highest BCUT2D eigenvalue weighted by Gasteiger charge is 2.32. The molecule has 0 heterocycles. The van der Waals surface area contributed by atoms with Crippen molar-refractivity contribution in [2.75, 3.05) is 121 Å². The minimum atomic E-state index is -0.605. The summed E-state index contributed by atoms with van der Waals surface area (Å²) in [5.74, 6) is -1.07. The average molecular weight is 1430 g/mol. The van der Waals surface area contributed by atoms with Gasteiger partial charge < -0.3 is 116 Å². The lowest BCUT2D eigenvalue weighted by Gasteiger charge is -2.30. The number of ether oxygens (including phenoxy) is 6. The number of unbranched alkanes of at least 4 members (excludes halogenated alkanes) is 8. The molecule has 0 aromatic heterocycles. The number of nitrogens with two attached hydrogens (primary N) is 8. The van der Waals surface area contributed by atoms with E-state index in [1.165, 1.54) is 38.5 Å². The second-order valence-electron chi connectivity index (χ2n) is 26.1. The zero-order valence-corrected chi connectivity index (χ0v) is 60.7. The molecule has 2 fully saturated rings. The predicted octanol–water partition coefficient (Wildman–Crippen LogP) is 2.04. The number of hydrogen-bond acceptors (Lipinski definition) is 20. The average Bonchev–Trinajstić information content (AvgIpc) is 0.814. The van der Waals surface area contributed by atoms with E-state index in [-0.39, 0.29) is 130 Å². The second kappa shape index (κ2) is 45.7. The molecule has 6 amide bonds. The number of rotatable bonds is 47. The van der Waals surface area contributed by atoms with Crippen LogP contribution in [0.5, 0.6) is 34.5 Å². The molecule has 0 radical (unpaired) electrons. The first-order chi connectivity index (χ1) is 49.0. The lowest BCUT2D eigenvalue weighted by Crippen LogP contribution is -2.45. The minimum Gasteiger partial charge on any atom is -0.496 e. The van der Waals surface area contributed by atoms with Gasteiger partial charge in [0, 0.05) is 88.2 Å². The summed E-state index contributed by atoms with van der Waals surface area (Å²) in [5.41, 5.74) is 45.2. The number of methoxy groups -OCH3 is 2. The highest BCUT2D eigenvalue weighted by atomic mass is 16.5. The second-order valence-corrected chi connectivity index (χ2v) is 26.1. The van der Waals surface area contributed by atoms with Crippen molar-refractivity contribution in [3.8, 4) is 34.5 Å². The Kier molecular flexibility index (Phi) is 37.4. The molecule has 5 rings (SSSR count). The van der Waals surface area contributed by atoms with Crippen molar-refractivity contribution in [2.24, 2.45) is 60.8 Å². The van der Waals surface area contributed by atoms with Crippen LogP contribution < -0.4 is 112 Å². The van der Waals surface area contributed by atoms with E-state index in [4.69, 9.17) is 74.3 Å². The van der Waals surface area contributed by atoms with Crippen LogP contribution >= 0.6 is 0 Å². The highest BCUT2D eigenvalue weighted by Crippen LogP contribution is 2.35. The smallest absolute Gasteiger partial charge is 0.255 e. The summed E-state index contributed by atoms with van der Waals surface area (Å²) >= 11 is 0. The maximum atomic E-state index is 14.4. The molecule has 2 aliphatic rings. The van der Waals surface area contributed by atoms with Crippen LogP contribution in [0.25, 0.3) is 0 Å². The third-order valence-corrected chi connectivity index (χ3v) is 17.2. The molecule has 23 N–H and O–H groups in total. The Hall–Kier alpha value is -9.11. The van der Waals surface area contributed by atoms with Crippen LogP contribution in [0.15, 0.2) is 51.4 Å². The van der Waals surface area contributed by atoms with Crippen LogP contribution in [0.2, 0.25) is 0 Å². The van der Waals surface area contributed by atoms with E-state index >= 15 is 0 Å². The van der Waals surface area contributed by atoms with E-state index < -0.39 is 41.7 Å². The third kappa shape index (κ3) is 30.6. The molecule has 3 aromatic rings. The number of carbonyl (C=O) groups is 6. The standard InChI is InChI=1S/C70H116N20O12/c1-89(2)33-31-79-61(91)51-40-53(59(101-37-17-9-13-29-83-69(75)76)43-57(51)99-35-15-7-11-27-81-67(71)72)65(95)87-47-23-19-45(20-24-47)85-63(93)49-39-50(56(98-6)42-55(49)97-5)64(94)86-46-21-25-48(26-22-46)88-66(96)54-41-52(62(92)80-32-34-90(3)4)58(100-36-16-8-12-28-82-68(73)74)44-60(54)102-38-18-10-14-30-84-70(77)78/h39-48,67,81H,7-38,71-72H2,1-6H3,(H,79,91)(H,80,92)(H,85,93)(H,86,94)(H,87,95)(H,88,96)(H4,73,74,82)(H4,75,76,83)(H4,77,78,84). The fraction of sp³-hybridized carbons (Fsp3) is 0.614. The Morgan fingerprint density at radius 2 is 0.647 bits per heavy atom. The molecule has 568 valence electrons. The van der Waals surface area contributed by atoms with E-state index in [0.29, 0.717) is 136 Å². The van der Waals surface area contributed by atoms with Gasteiger partial charge >= 0.3 is 0 Å². The van der Waals surface area contributed by atoms with Crippen LogP contribution in [0.4, 0.5) is 0 Å². The minimum absolute atomic E-state index is 0.0212. The molecule has 3 aromatic carbocycles. The van der Waals surface area contributed by atoms with Crippen molar-refractivity contribution in [2.45, 2.75) is 159 Å². The van der Waals surface area contributed by atoms with Crippen LogP contribution in [0, 0.1) is 0 Å². The van der Waals surface area contributed by atoms with Gasteiger partial charge in [-0.1, -0.05) is 0 Å². The molecular formula is C70H116N20O12. The largest absolute Gasteiger partial charge is 0.496 e. The summed E-state index contributed by atoms with van der Waals surface area (Å²) < 4.78 is 36.5. The molecule has 0 spiro atoms. The topological polar surface area (TPSA) is 494 Å². The summed E-state index contributed by atoms with van der Waals surface area (Å²) in [4.78, 5) is 101. The van der Waals surface area contributed by atoms with E-state index in [0.717, 1.165) is 51.4 Å². The van der Waals surface area contributed by atoms with Gasteiger partial charge in [0.1, 0.15) is 40.8 Å². The fourth-order valence-corrected chi connectivity index (χ4v) is 11.6. The molecule has 2 aliphatic carbocycles. The molecule has 0 atom stereocenters. The van der Waals surface area contributed by atoms with Crippen molar-refractivity contribution in [1.29, 1.82) is 0 Å². The lowest BCUT2D eigenvalue weighted by molar-refractivity contribution is 0.0882. The molecular weight excluding hydrogens is 1310 g/mol. The van der Waals surface area contributed by atoms with Gasteiger partial charge in [-0.2, -0.15) is 0 Å². The zero-order valence-electron chi connectivity index (χ0n) is 60.7. The molecule has 32 nitrogen and oxygen atoms in total. The number of benzene rings is 3. The van der Waals surface area contributed by atoms with E-state index in [2.05, 4.69) is 52.2 Å². The van der Waals surface area contributed by atoms with E-state index in [9.17, 15) is 28.8 Å². The van der Waals surface area contributed by atoms with Crippen LogP contribution in [-0.4, -0.2) is 215 Å². The first kappa shape index (κ1) is 83.6. The molecule has 0 unspecified atom stereocenters. The summed E-state index contributed by atoms with van der Waals surface area (Å²) in [6.07, 6.45) is 12.2. The van der Waals surface area contributed by atoms with Gasteiger partial charge in [0.05, 0.1) is 74.0 Å². The van der Waals surface area contributed by atoms with E-state index in [1.54, 1.807) is 12.1 Å². The summed E-state index contributed by atoms with van der Waals surface area (Å²) in [6, 6.07) is 8.09. The Bertz CT molecular complexity index is 3210. The van der Waals surface area contributed by atoms with Crippen molar-refractivity contribution < 1.29 is 57.2 Å². The number of nitrogens with one attached hydrogen (secondary N) is 7. The Balaban J connectivity index is 1.25. The molecule has 0 aliphatic heterocycles. The SMILES string of the molecule is COc1cc(OC)c(C(=O)NC2CCC(NC(=O)c3cc(C(=O)NCCN(C)C)c(OCCCCCNC(N)N)cc3OCCCCCN=C(N)N)CC2)cc1C(=O)NC1CCC(NC(=O)c2cc(C(=O)NCCN(C)C)c(OCCCCCN=C(N)N)cc2OCCCCCN=C(N)N)CC1. The van der Waals surface area contributed by atoms with Gasteiger partial charge in [0.2, 0.25) is 0 Å². The van der Waals surface area contributed by atoms with Crippen molar-refractivity contribution in [1.82, 2.24) is 47.0 Å². The van der Waals surface area contributed by atoms with Crippen molar-refractivity contribution in [3.05, 3.63) is 69.8 Å². The molecule has 102 heavy (non-hydrogen) atoms. The maximum absolute atomic E-state index is 14.4. The first-order valence-corrected chi connectivity index (χ1v) is 35.6. The number of aliphatic imine (C=N–C) groups is 3. The molecule has 2 saturated carbocycles. The normalized spacial score (nSPS) is 15.7. The molecule has 32 heteroatoms. The number of guanidine groups is 3. The summed E-state index contributed by atoms with van der Waals surface area (Å²) in [5, 5.41) is 21.5. The van der Waals surface area contributed by atoms with Gasteiger partial charge in [-0.3, -0.25) is 49.1 Å². The quantitative estimate of drug-likeness (QED) is 0.0166. The van der Waals surface area contributed by atoms with Gasteiger partial charge in [0.25, 0.3) is 35.4 Å².